The molecule has 98 valence electrons. The van der Waals surface area contributed by atoms with Crippen LogP contribution < -0.4 is 10.0 Å². The van der Waals surface area contributed by atoms with E-state index in [2.05, 4.69) is 15.0 Å². The van der Waals surface area contributed by atoms with Crippen molar-refractivity contribution in [3.05, 3.63) is 5.69 Å². The first-order valence-corrected chi connectivity index (χ1v) is 7.46. The van der Waals surface area contributed by atoms with E-state index in [9.17, 15) is 8.42 Å². The van der Waals surface area contributed by atoms with Crippen LogP contribution in [0.4, 0.5) is 5.13 Å². The largest absolute Gasteiger partial charge is 0.360 e. The number of rotatable bonds is 6. The number of likely N-dealkylation sites (N-methyl/N-ethyl adjacent to an activating group) is 1. The van der Waals surface area contributed by atoms with Crippen LogP contribution >= 0.6 is 11.3 Å². The molecule has 0 aromatic carbocycles. The van der Waals surface area contributed by atoms with Crippen molar-refractivity contribution in [1.29, 1.82) is 0 Å². The van der Waals surface area contributed by atoms with E-state index in [4.69, 9.17) is 0 Å². The van der Waals surface area contributed by atoms with Gasteiger partial charge in [-0.1, -0.05) is 11.3 Å². The molecule has 0 unspecified atom stereocenters. The van der Waals surface area contributed by atoms with Crippen LogP contribution in [0.1, 0.15) is 5.69 Å². The van der Waals surface area contributed by atoms with Crippen molar-refractivity contribution in [2.45, 2.75) is 11.1 Å². The molecule has 0 saturated heterocycles. The Bertz CT molecular complexity index is 467. The molecule has 1 aromatic rings. The summed E-state index contributed by atoms with van der Waals surface area (Å²) in [5.41, 5.74) is 0.525. The van der Waals surface area contributed by atoms with Gasteiger partial charge in [0.2, 0.25) is 0 Å². The standard InChI is InChI=1S/C9H18N4O2S2/c1-7-8(17(14,15)10-2)16-9(12-7)11-5-6-13(3)4/h10H,5-6H2,1-4H3,(H,11,12). The van der Waals surface area contributed by atoms with Crippen LogP contribution in [0, 0.1) is 6.92 Å². The van der Waals surface area contributed by atoms with Gasteiger partial charge in [-0.15, -0.1) is 0 Å². The van der Waals surface area contributed by atoms with Gasteiger partial charge in [-0.2, -0.15) is 0 Å². The average Bonchev–Trinajstić information content (AvgIpc) is 2.60. The number of nitrogens with one attached hydrogen (secondary N) is 2. The molecule has 0 atom stereocenters. The second kappa shape index (κ2) is 5.76. The van der Waals surface area contributed by atoms with Crippen molar-refractivity contribution in [3.63, 3.8) is 0 Å². The Kier molecular flexibility index (Phi) is 4.87. The molecule has 2 N–H and O–H groups in total. The molecule has 1 aromatic heterocycles. The highest BCUT2D eigenvalue weighted by Crippen LogP contribution is 2.26. The Morgan fingerprint density at radius 1 is 1.41 bits per heavy atom. The molecule has 1 rings (SSSR count). The lowest BCUT2D eigenvalue weighted by Crippen LogP contribution is -2.20. The summed E-state index contributed by atoms with van der Waals surface area (Å²) in [4.78, 5) is 6.23. The maximum Gasteiger partial charge on any atom is 0.251 e. The minimum atomic E-state index is -3.39. The number of thiazole rings is 1. The van der Waals surface area contributed by atoms with E-state index < -0.39 is 10.0 Å². The third kappa shape index (κ3) is 3.91. The predicted molar refractivity (Wildman–Crippen MR) is 70.1 cm³/mol. The minimum absolute atomic E-state index is 0.271. The summed E-state index contributed by atoms with van der Waals surface area (Å²) >= 11 is 1.15. The normalized spacial score (nSPS) is 12.1. The molecule has 0 aliphatic heterocycles. The molecule has 0 aliphatic carbocycles. The van der Waals surface area contributed by atoms with E-state index in [-0.39, 0.29) is 4.21 Å². The third-order valence-electron chi connectivity index (χ3n) is 2.10. The van der Waals surface area contributed by atoms with E-state index in [1.807, 2.05) is 19.0 Å². The quantitative estimate of drug-likeness (QED) is 0.784. The first-order valence-electron chi connectivity index (χ1n) is 5.16. The first kappa shape index (κ1) is 14.4. The molecule has 17 heavy (non-hydrogen) atoms. The molecule has 1 heterocycles. The summed E-state index contributed by atoms with van der Waals surface area (Å²) in [5, 5.41) is 3.74. The van der Waals surface area contributed by atoms with E-state index in [1.165, 1.54) is 7.05 Å². The monoisotopic (exact) mass is 278 g/mol. The fourth-order valence-corrected chi connectivity index (χ4v) is 3.46. The number of nitrogens with zero attached hydrogens (tertiary/aromatic N) is 2. The number of hydrogen-bond acceptors (Lipinski definition) is 6. The molecule has 6 nitrogen and oxygen atoms in total. The second-order valence-electron chi connectivity index (χ2n) is 3.83. The van der Waals surface area contributed by atoms with Gasteiger partial charge in [0.15, 0.2) is 9.34 Å². The van der Waals surface area contributed by atoms with Crippen LogP contribution in [0.15, 0.2) is 4.21 Å². The number of sulfonamides is 1. The molecular weight excluding hydrogens is 260 g/mol. The van der Waals surface area contributed by atoms with Gasteiger partial charge in [-0.05, 0) is 28.1 Å². The summed E-state index contributed by atoms with van der Waals surface area (Å²) in [5.74, 6) is 0. The molecule has 8 heteroatoms. The van der Waals surface area contributed by atoms with E-state index in [0.29, 0.717) is 10.8 Å². The molecule has 0 amide bonds. The van der Waals surface area contributed by atoms with Gasteiger partial charge >= 0.3 is 0 Å². The van der Waals surface area contributed by atoms with Gasteiger partial charge in [0.25, 0.3) is 10.0 Å². The van der Waals surface area contributed by atoms with Gasteiger partial charge in [0.1, 0.15) is 0 Å². The third-order valence-corrected chi connectivity index (χ3v) is 5.24. The minimum Gasteiger partial charge on any atom is -0.360 e. The fraction of sp³-hybridized carbons (Fsp3) is 0.667. The highest BCUT2D eigenvalue weighted by molar-refractivity contribution is 7.91. The molecule has 0 aliphatic rings. The SMILES string of the molecule is CNS(=O)(=O)c1sc(NCCN(C)C)nc1C. The predicted octanol–water partition coefficient (Wildman–Crippen LogP) is 0.333. The van der Waals surface area contributed by atoms with Gasteiger partial charge in [-0.3, -0.25) is 0 Å². The summed E-state index contributed by atoms with van der Waals surface area (Å²) in [6.45, 7) is 3.30. The van der Waals surface area contributed by atoms with Gasteiger partial charge in [-0.25, -0.2) is 18.1 Å². The highest BCUT2D eigenvalue weighted by atomic mass is 32.2. The summed E-state index contributed by atoms with van der Waals surface area (Å²) in [6.07, 6.45) is 0. The summed E-state index contributed by atoms with van der Waals surface area (Å²) in [6, 6.07) is 0. The fourth-order valence-electron chi connectivity index (χ4n) is 1.19. The van der Waals surface area contributed by atoms with Crippen LogP contribution in [0.3, 0.4) is 0 Å². The topological polar surface area (TPSA) is 74.3 Å². The van der Waals surface area contributed by atoms with Crippen LogP contribution in [0.5, 0.6) is 0 Å². The number of hydrogen-bond donors (Lipinski definition) is 2. The zero-order valence-electron chi connectivity index (χ0n) is 10.4. The van der Waals surface area contributed by atoms with Crippen molar-refractivity contribution in [2.24, 2.45) is 0 Å². The molecule has 0 fully saturated rings. The Morgan fingerprint density at radius 2 is 2.06 bits per heavy atom. The van der Waals surface area contributed by atoms with Gasteiger partial charge in [0, 0.05) is 13.1 Å². The Morgan fingerprint density at radius 3 is 2.59 bits per heavy atom. The molecule has 0 spiro atoms. The number of aromatic nitrogens is 1. The smallest absolute Gasteiger partial charge is 0.251 e. The zero-order valence-corrected chi connectivity index (χ0v) is 12.1. The second-order valence-corrected chi connectivity index (χ2v) is 6.91. The maximum absolute atomic E-state index is 11.6. The lowest BCUT2D eigenvalue weighted by atomic mass is 10.6. The number of anilines is 1. The molecule has 0 bridgehead atoms. The summed E-state index contributed by atoms with van der Waals surface area (Å²) in [7, 11) is 1.96. The summed E-state index contributed by atoms with van der Waals surface area (Å²) < 4.78 is 25.8. The average molecular weight is 278 g/mol. The molecular formula is C9H18N4O2S2. The van der Waals surface area contributed by atoms with Crippen LogP contribution in [-0.4, -0.2) is 52.5 Å². The first-order chi connectivity index (χ1) is 7.86. The van der Waals surface area contributed by atoms with Gasteiger partial charge in [0.05, 0.1) is 5.69 Å². The molecule has 0 radical (unpaired) electrons. The van der Waals surface area contributed by atoms with Gasteiger partial charge < -0.3 is 10.2 Å². The van der Waals surface area contributed by atoms with E-state index >= 15 is 0 Å². The van der Waals surface area contributed by atoms with Crippen LogP contribution in [-0.2, 0) is 10.0 Å². The zero-order chi connectivity index (χ0) is 13.1. The van der Waals surface area contributed by atoms with E-state index in [0.717, 1.165) is 24.4 Å². The van der Waals surface area contributed by atoms with Crippen molar-refractivity contribution >= 4 is 26.5 Å². The van der Waals surface area contributed by atoms with Crippen LogP contribution in [0.2, 0.25) is 0 Å². The Hall–Kier alpha value is -0.700. The van der Waals surface area contributed by atoms with E-state index in [1.54, 1.807) is 6.92 Å². The van der Waals surface area contributed by atoms with Crippen molar-refractivity contribution in [1.82, 2.24) is 14.6 Å². The van der Waals surface area contributed by atoms with Crippen molar-refractivity contribution < 1.29 is 8.42 Å². The lowest BCUT2D eigenvalue weighted by Gasteiger charge is -2.08. The highest BCUT2D eigenvalue weighted by Gasteiger charge is 2.19. The lowest BCUT2D eigenvalue weighted by molar-refractivity contribution is 0.425. The Balaban J connectivity index is 2.76. The van der Waals surface area contributed by atoms with Crippen molar-refractivity contribution in [3.8, 4) is 0 Å². The van der Waals surface area contributed by atoms with Crippen molar-refractivity contribution in [2.75, 3.05) is 39.5 Å². The Labute approximate surface area is 106 Å². The molecule has 0 saturated carbocycles. The maximum atomic E-state index is 11.6. The van der Waals surface area contributed by atoms with Crippen LogP contribution in [0.25, 0.3) is 0 Å². The number of aryl methyl sites for hydroxylation is 1.